The molecule has 0 amide bonds. The van der Waals surface area contributed by atoms with Crippen molar-refractivity contribution in [3.05, 3.63) is 41.1 Å². The third-order valence-electron chi connectivity index (χ3n) is 5.09. The molecule has 0 aliphatic carbocycles. The first-order chi connectivity index (χ1) is 11.8. The molecule has 1 saturated heterocycles. The van der Waals surface area contributed by atoms with Crippen molar-refractivity contribution < 1.29 is 14.3 Å². The van der Waals surface area contributed by atoms with E-state index in [-0.39, 0.29) is 17.2 Å². The zero-order valence-electron chi connectivity index (χ0n) is 14.7. The molecule has 2 aliphatic heterocycles. The van der Waals surface area contributed by atoms with Crippen molar-refractivity contribution in [1.29, 1.82) is 0 Å². The fourth-order valence-corrected chi connectivity index (χ4v) is 3.82. The molecule has 7 nitrogen and oxygen atoms in total. The van der Waals surface area contributed by atoms with Gasteiger partial charge in [-0.2, -0.15) is 0 Å². The van der Waals surface area contributed by atoms with Gasteiger partial charge in [0.05, 0.1) is 12.2 Å². The van der Waals surface area contributed by atoms with Crippen LogP contribution in [0.15, 0.2) is 16.9 Å². The molecular weight excluding hydrogens is 320 g/mol. The smallest absolute Gasteiger partial charge is 0.357 e. The van der Waals surface area contributed by atoms with Crippen LogP contribution < -0.4 is 0 Å². The van der Waals surface area contributed by atoms with Crippen LogP contribution in [0.5, 0.6) is 0 Å². The Bertz CT molecular complexity index is 824. The van der Waals surface area contributed by atoms with Crippen molar-refractivity contribution in [1.82, 2.24) is 19.9 Å². The first-order valence-corrected chi connectivity index (χ1v) is 8.62. The number of hydrogen-bond acceptors (Lipinski definition) is 6. The standard InChI is InChI=1S/C18H22N4O3/c1-18(2,3)17-19-7-11-12(21-17)6-10-4-5-14(11)22(10)8-15-20-13(9-25-15)16(23)24/h7,9-10,14H,4-6,8H2,1-3H3,(H,23,24). The molecular formula is C18H22N4O3. The molecule has 2 aromatic heterocycles. The van der Waals surface area contributed by atoms with E-state index in [1.54, 1.807) is 0 Å². The lowest BCUT2D eigenvalue weighted by Gasteiger charge is -2.35. The van der Waals surface area contributed by atoms with Crippen LogP contribution in [0.25, 0.3) is 0 Å². The van der Waals surface area contributed by atoms with Crippen LogP contribution in [-0.2, 0) is 18.4 Å². The molecule has 0 saturated carbocycles. The molecule has 132 valence electrons. The van der Waals surface area contributed by atoms with Crippen molar-refractivity contribution >= 4 is 5.97 Å². The van der Waals surface area contributed by atoms with Crippen LogP contribution in [0.1, 0.15) is 73.1 Å². The van der Waals surface area contributed by atoms with Gasteiger partial charge in [0.25, 0.3) is 0 Å². The van der Waals surface area contributed by atoms with Crippen molar-refractivity contribution in [3.8, 4) is 0 Å². The second-order valence-electron chi connectivity index (χ2n) is 7.90. The lowest BCUT2D eigenvalue weighted by atomic mass is 9.93. The number of carboxylic acids is 1. The first-order valence-electron chi connectivity index (χ1n) is 8.62. The highest BCUT2D eigenvalue weighted by Crippen LogP contribution is 2.43. The maximum Gasteiger partial charge on any atom is 0.357 e. The van der Waals surface area contributed by atoms with Crippen LogP contribution in [0, 0.1) is 0 Å². The SMILES string of the molecule is CC(C)(C)c1ncc2c(n1)CC1CCC2N1Cc1nc(C(=O)O)co1. The molecule has 2 unspecified atom stereocenters. The van der Waals surface area contributed by atoms with E-state index in [1.165, 1.54) is 11.8 Å². The number of oxazole rings is 1. The minimum absolute atomic E-state index is 0.0436. The third kappa shape index (κ3) is 2.82. The van der Waals surface area contributed by atoms with E-state index in [4.69, 9.17) is 14.5 Å². The van der Waals surface area contributed by atoms with E-state index in [2.05, 4.69) is 35.6 Å². The van der Waals surface area contributed by atoms with Gasteiger partial charge in [-0.3, -0.25) is 4.90 Å². The summed E-state index contributed by atoms with van der Waals surface area (Å²) in [4.78, 5) is 26.8. The number of nitrogens with zero attached hydrogens (tertiary/aromatic N) is 4. The molecule has 0 radical (unpaired) electrons. The Morgan fingerprint density at radius 3 is 2.84 bits per heavy atom. The monoisotopic (exact) mass is 342 g/mol. The van der Waals surface area contributed by atoms with Crippen LogP contribution in [-0.4, -0.2) is 37.0 Å². The minimum Gasteiger partial charge on any atom is -0.476 e. The summed E-state index contributed by atoms with van der Waals surface area (Å²) in [6.45, 7) is 6.90. The molecule has 25 heavy (non-hydrogen) atoms. The van der Waals surface area contributed by atoms with Gasteiger partial charge in [-0.15, -0.1) is 0 Å². The van der Waals surface area contributed by atoms with E-state index in [1.807, 2.05) is 6.20 Å². The molecule has 7 heteroatoms. The Labute approximate surface area is 146 Å². The summed E-state index contributed by atoms with van der Waals surface area (Å²) >= 11 is 0. The molecule has 2 aliphatic rings. The third-order valence-corrected chi connectivity index (χ3v) is 5.09. The summed E-state index contributed by atoms with van der Waals surface area (Å²) in [5, 5.41) is 8.99. The van der Waals surface area contributed by atoms with Crippen molar-refractivity contribution in [2.24, 2.45) is 0 Å². The number of aromatic carboxylic acids is 1. The quantitative estimate of drug-likeness (QED) is 0.916. The van der Waals surface area contributed by atoms with Crippen LogP contribution in [0.4, 0.5) is 0 Å². The molecule has 4 heterocycles. The molecule has 0 spiro atoms. The number of fused-ring (bicyclic) bond motifs is 4. The number of rotatable bonds is 3. The zero-order chi connectivity index (χ0) is 17.8. The predicted octanol–water partition coefficient (Wildman–Crippen LogP) is 2.72. The lowest BCUT2D eigenvalue weighted by Crippen LogP contribution is -2.38. The molecule has 2 atom stereocenters. The highest BCUT2D eigenvalue weighted by atomic mass is 16.4. The fourth-order valence-electron chi connectivity index (χ4n) is 3.82. The number of carbonyl (C=O) groups is 1. The van der Waals surface area contributed by atoms with Gasteiger partial charge in [0.15, 0.2) is 5.69 Å². The second kappa shape index (κ2) is 5.62. The van der Waals surface area contributed by atoms with Crippen LogP contribution in [0.2, 0.25) is 0 Å². The predicted molar refractivity (Wildman–Crippen MR) is 89.2 cm³/mol. The molecule has 2 aromatic rings. The van der Waals surface area contributed by atoms with Gasteiger partial charge >= 0.3 is 5.97 Å². The Morgan fingerprint density at radius 1 is 1.36 bits per heavy atom. The normalized spacial score (nSPS) is 22.8. The van der Waals surface area contributed by atoms with Gasteiger partial charge in [-0.25, -0.2) is 19.7 Å². The van der Waals surface area contributed by atoms with Gasteiger partial charge in [0.2, 0.25) is 5.89 Å². The topological polar surface area (TPSA) is 92.4 Å². The van der Waals surface area contributed by atoms with Gasteiger partial charge in [0.1, 0.15) is 12.1 Å². The van der Waals surface area contributed by atoms with E-state index < -0.39 is 5.97 Å². The molecule has 4 rings (SSSR count). The van der Waals surface area contributed by atoms with E-state index in [9.17, 15) is 4.79 Å². The average Bonchev–Trinajstić information content (AvgIpc) is 3.11. The van der Waals surface area contributed by atoms with Crippen molar-refractivity contribution in [2.75, 3.05) is 0 Å². The van der Waals surface area contributed by atoms with Gasteiger partial charge in [0, 0.05) is 35.7 Å². The number of aromatic nitrogens is 3. The van der Waals surface area contributed by atoms with Gasteiger partial charge in [-0.1, -0.05) is 20.8 Å². The zero-order valence-corrected chi connectivity index (χ0v) is 14.7. The highest BCUT2D eigenvalue weighted by Gasteiger charge is 2.41. The van der Waals surface area contributed by atoms with Crippen LogP contribution >= 0.6 is 0 Å². The van der Waals surface area contributed by atoms with Crippen molar-refractivity contribution in [3.63, 3.8) is 0 Å². The summed E-state index contributed by atoms with van der Waals surface area (Å²) in [6.07, 6.45) is 6.22. The summed E-state index contributed by atoms with van der Waals surface area (Å²) in [5.74, 6) is 0.271. The van der Waals surface area contributed by atoms with Crippen LogP contribution in [0.3, 0.4) is 0 Å². The van der Waals surface area contributed by atoms with Crippen molar-refractivity contribution in [2.45, 2.75) is 64.1 Å². The van der Waals surface area contributed by atoms with E-state index in [0.717, 1.165) is 30.8 Å². The Hall–Kier alpha value is -2.28. The number of carboxylic acid groups (broad SMARTS) is 1. The summed E-state index contributed by atoms with van der Waals surface area (Å²) in [6, 6.07) is 0.642. The summed E-state index contributed by atoms with van der Waals surface area (Å²) < 4.78 is 5.34. The minimum atomic E-state index is -1.06. The molecule has 0 aromatic carbocycles. The van der Waals surface area contributed by atoms with E-state index >= 15 is 0 Å². The largest absolute Gasteiger partial charge is 0.476 e. The molecule has 2 bridgehead atoms. The summed E-state index contributed by atoms with van der Waals surface area (Å²) in [7, 11) is 0. The average molecular weight is 342 g/mol. The Morgan fingerprint density at radius 2 is 2.16 bits per heavy atom. The molecule has 1 N–H and O–H groups in total. The first kappa shape index (κ1) is 16.2. The maximum absolute atomic E-state index is 11.0. The van der Waals surface area contributed by atoms with Gasteiger partial charge in [-0.05, 0) is 12.8 Å². The Kier molecular flexibility index (Phi) is 3.64. The molecule has 1 fully saturated rings. The fraction of sp³-hybridized carbons (Fsp3) is 0.556. The lowest BCUT2D eigenvalue weighted by molar-refractivity contribution is 0.0690. The number of hydrogen-bond donors (Lipinski definition) is 1. The Balaban J connectivity index is 1.60. The maximum atomic E-state index is 11.0. The summed E-state index contributed by atoms with van der Waals surface area (Å²) in [5.41, 5.74) is 2.24. The van der Waals surface area contributed by atoms with E-state index in [0.29, 0.717) is 18.5 Å². The highest BCUT2D eigenvalue weighted by molar-refractivity contribution is 5.84. The van der Waals surface area contributed by atoms with Gasteiger partial charge < -0.3 is 9.52 Å². The second-order valence-corrected chi connectivity index (χ2v) is 7.90.